The van der Waals surface area contributed by atoms with E-state index >= 15 is 0 Å². The third-order valence-electron chi connectivity index (χ3n) is 4.19. The number of amides is 1. The van der Waals surface area contributed by atoms with E-state index in [1.165, 1.54) is 12.8 Å². The quantitative estimate of drug-likeness (QED) is 0.875. The smallest absolute Gasteiger partial charge is 0.258 e. The second kappa shape index (κ2) is 8.42. The Bertz CT molecular complexity index is 580. The third-order valence-corrected chi connectivity index (χ3v) is 4.19. The predicted octanol–water partition coefficient (Wildman–Crippen LogP) is 3.03. The van der Waals surface area contributed by atoms with Crippen molar-refractivity contribution in [3.63, 3.8) is 0 Å². The lowest BCUT2D eigenvalue weighted by Gasteiger charge is -2.29. The van der Waals surface area contributed by atoms with Crippen LogP contribution in [0.2, 0.25) is 0 Å². The number of hydrogen-bond acceptors (Lipinski definition) is 4. The van der Waals surface area contributed by atoms with Gasteiger partial charge in [0.2, 0.25) is 0 Å². The molecule has 2 rings (SSSR count). The normalized spacial score (nSPS) is 20.4. The van der Waals surface area contributed by atoms with E-state index < -0.39 is 0 Å². The third kappa shape index (κ3) is 4.88. The van der Waals surface area contributed by atoms with Gasteiger partial charge in [0.25, 0.3) is 5.91 Å². The van der Waals surface area contributed by atoms with Gasteiger partial charge in [-0.2, -0.15) is 5.26 Å². The molecule has 23 heavy (non-hydrogen) atoms. The Hall–Kier alpha value is -2.22. The van der Waals surface area contributed by atoms with Gasteiger partial charge in [0.15, 0.2) is 18.1 Å². The maximum Gasteiger partial charge on any atom is 0.258 e. The van der Waals surface area contributed by atoms with Crippen LogP contribution in [0.1, 0.15) is 45.1 Å². The predicted molar refractivity (Wildman–Crippen MR) is 87.4 cm³/mol. The molecule has 1 fully saturated rings. The van der Waals surface area contributed by atoms with Crippen LogP contribution in [0.15, 0.2) is 18.2 Å². The first-order chi connectivity index (χ1) is 11.1. The Morgan fingerprint density at radius 2 is 2.09 bits per heavy atom. The summed E-state index contributed by atoms with van der Waals surface area (Å²) in [5.74, 6) is 1.38. The lowest BCUT2D eigenvalue weighted by atomic mass is 9.86. The Labute approximate surface area is 137 Å². The molecular weight excluding hydrogens is 292 g/mol. The fourth-order valence-electron chi connectivity index (χ4n) is 2.89. The van der Waals surface area contributed by atoms with E-state index in [-0.39, 0.29) is 18.6 Å². The minimum Gasteiger partial charge on any atom is -0.490 e. The SMILES string of the molecule is CCOc1cc(C#N)ccc1OCC(=O)N[C@H]1CCCC[C@@H]1C. The van der Waals surface area contributed by atoms with Crippen molar-refractivity contribution in [2.75, 3.05) is 13.2 Å². The van der Waals surface area contributed by atoms with E-state index in [4.69, 9.17) is 14.7 Å². The van der Waals surface area contributed by atoms with Crippen LogP contribution in [0.5, 0.6) is 11.5 Å². The Balaban J connectivity index is 1.92. The molecule has 0 bridgehead atoms. The van der Waals surface area contributed by atoms with E-state index in [1.54, 1.807) is 18.2 Å². The second-order valence-corrected chi connectivity index (χ2v) is 5.93. The van der Waals surface area contributed by atoms with E-state index in [2.05, 4.69) is 18.3 Å². The fraction of sp³-hybridized carbons (Fsp3) is 0.556. The number of rotatable bonds is 6. The molecule has 5 heteroatoms. The number of ether oxygens (including phenoxy) is 2. The van der Waals surface area contributed by atoms with E-state index in [0.717, 1.165) is 12.8 Å². The molecular formula is C18H24N2O3. The molecule has 0 unspecified atom stereocenters. The molecule has 0 saturated heterocycles. The van der Waals surface area contributed by atoms with Crippen LogP contribution >= 0.6 is 0 Å². The Morgan fingerprint density at radius 3 is 2.78 bits per heavy atom. The number of benzene rings is 1. The van der Waals surface area contributed by atoms with Gasteiger partial charge in [-0.1, -0.05) is 19.8 Å². The highest BCUT2D eigenvalue weighted by molar-refractivity contribution is 5.78. The summed E-state index contributed by atoms with van der Waals surface area (Å²) in [6.45, 7) is 4.46. The highest BCUT2D eigenvalue weighted by atomic mass is 16.5. The topological polar surface area (TPSA) is 71.3 Å². The van der Waals surface area contributed by atoms with E-state index in [9.17, 15) is 4.79 Å². The minimum absolute atomic E-state index is 0.0464. The van der Waals surface area contributed by atoms with Crippen LogP contribution in [0, 0.1) is 17.2 Å². The molecule has 1 aliphatic rings. The highest BCUT2D eigenvalue weighted by Gasteiger charge is 2.23. The molecule has 1 aliphatic carbocycles. The van der Waals surface area contributed by atoms with Crippen molar-refractivity contribution in [1.82, 2.24) is 5.32 Å². The van der Waals surface area contributed by atoms with Gasteiger partial charge in [0.1, 0.15) is 0 Å². The average molecular weight is 316 g/mol. The molecule has 2 atom stereocenters. The van der Waals surface area contributed by atoms with Crippen LogP contribution in [0.3, 0.4) is 0 Å². The van der Waals surface area contributed by atoms with Gasteiger partial charge in [-0.15, -0.1) is 0 Å². The standard InChI is InChI=1S/C18H24N2O3/c1-3-22-17-10-14(11-19)8-9-16(17)23-12-18(21)20-15-7-5-4-6-13(15)2/h8-10,13,15H,3-7,12H2,1-2H3,(H,20,21)/t13-,15-/m0/s1. The summed E-state index contributed by atoms with van der Waals surface area (Å²) in [4.78, 5) is 12.1. The van der Waals surface area contributed by atoms with Gasteiger partial charge in [0.05, 0.1) is 18.2 Å². The minimum atomic E-state index is -0.115. The molecule has 0 spiro atoms. The van der Waals surface area contributed by atoms with Crippen molar-refractivity contribution in [3.8, 4) is 17.6 Å². The van der Waals surface area contributed by atoms with Crippen LogP contribution in [-0.4, -0.2) is 25.2 Å². The number of hydrogen-bond donors (Lipinski definition) is 1. The van der Waals surface area contributed by atoms with Crippen molar-refractivity contribution < 1.29 is 14.3 Å². The number of nitrogens with zero attached hydrogens (tertiary/aromatic N) is 1. The first kappa shape index (κ1) is 17.1. The van der Waals surface area contributed by atoms with Crippen LogP contribution in [0.25, 0.3) is 0 Å². The molecule has 0 aliphatic heterocycles. The van der Waals surface area contributed by atoms with Crippen LogP contribution in [0.4, 0.5) is 0 Å². The summed E-state index contributed by atoms with van der Waals surface area (Å²) in [5, 5.41) is 12.0. The zero-order chi connectivity index (χ0) is 16.7. The number of carbonyl (C=O) groups is 1. The first-order valence-electron chi connectivity index (χ1n) is 8.23. The van der Waals surface area contributed by atoms with Gasteiger partial charge in [0, 0.05) is 12.1 Å². The first-order valence-corrected chi connectivity index (χ1v) is 8.23. The second-order valence-electron chi connectivity index (χ2n) is 5.93. The van der Waals surface area contributed by atoms with Crippen LogP contribution in [-0.2, 0) is 4.79 Å². The average Bonchev–Trinajstić information content (AvgIpc) is 2.56. The summed E-state index contributed by atoms with van der Waals surface area (Å²) < 4.78 is 11.1. The van der Waals surface area contributed by atoms with Gasteiger partial charge in [-0.3, -0.25) is 4.79 Å². The summed E-state index contributed by atoms with van der Waals surface area (Å²) >= 11 is 0. The van der Waals surface area contributed by atoms with Crippen molar-refractivity contribution >= 4 is 5.91 Å². The zero-order valence-corrected chi connectivity index (χ0v) is 13.8. The maximum absolute atomic E-state index is 12.1. The molecule has 0 radical (unpaired) electrons. The van der Waals surface area contributed by atoms with Gasteiger partial charge in [-0.25, -0.2) is 0 Å². The molecule has 0 aromatic heterocycles. The maximum atomic E-state index is 12.1. The number of nitriles is 1. The Kier molecular flexibility index (Phi) is 6.28. The van der Waals surface area contributed by atoms with Gasteiger partial charge < -0.3 is 14.8 Å². The van der Waals surface area contributed by atoms with Crippen molar-refractivity contribution in [2.24, 2.45) is 5.92 Å². The number of carbonyl (C=O) groups excluding carboxylic acids is 1. The molecule has 1 amide bonds. The highest BCUT2D eigenvalue weighted by Crippen LogP contribution is 2.28. The van der Waals surface area contributed by atoms with Crippen molar-refractivity contribution in [3.05, 3.63) is 23.8 Å². The fourth-order valence-corrected chi connectivity index (χ4v) is 2.89. The summed E-state index contributed by atoms with van der Waals surface area (Å²) in [6, 6.07) is 7.25. The molecule has 124 valence electrons. The molecule has 1 aromatic rings. The van der Waals surface area contributed by atoms with Gasteiger partial charge >= 0.3 is 0 Å². The zero-order valence-electron chi connectivity index (χ0n) is 13.8. The molecule has 0 heterocycles. The summed E-state index contributed by atoms with van der Waals surface area (Å²) in [7, 11) is 0. The van der Waals surface area contributed by atoms with Crippen molar-refractivity contribution in [2.45, 2.75) is 45.6 Å². The summed E-state index contributed by atoms with van der Waals surface area (Å²) in [5.41, 5.74) is 0.501. The number of nitrogens with one attached hydrogen (secondary N) is 1. The molecule has 1 N–H and O–H groups in total. The molecule has 5 nitrogen and oxygen atoms in total. The van der Waals surface area contributed by atoms with Crippen LogP contribution < -0.4 is 14.8 Å². The lowest BCUT2D eigenvalue weighted by molar-refractivity contribution is -0.124. The van der Waals surface area contributed by atoms with Gasteiger partial charge in [-0.05, 0) is 37.8 Å². The summed E-state index contributed by atoms with van der Waals surface area (Å²) in [6.07, 6.45) is 4.61. The Morgan fingerprint density at radius 1 is 1.30 bits per heavy atom. The largest absolute Gasteiger partial charge is 0.490 e. The molecule has 1 saturated carbocycles. The van der Waals surface area contributed by atoms with Crippen molar-refractivity contribution in [1.29, 1.82) is 5.26 Å². The monoisotopic (exact) mass is 316 g/mol. The van der Waals surface area contributed by atoms with E-state index in [0.29, 0.717) is 29.6 Å². The van der Waals surface area contributed by atoms with E-state index in [1.807, 2.05) is 6.92 Å². The lowest BCUT2D eigenvalue weighted by Crippen LogP contribution is -2.43. The molecule has 1 aromatic carbocycles.